The maximum absolute atomic E-state index is 13.4. The van der Waals surface area contributed by atoms with Gasteiger partial charge in [-0.1, -0.05) is 12.5 Å². The lowest BCUT2D eigenvalue weighted by atomic mass is 9.83. The second-order valence-corrected chi connectivity index (χ2v) is 7.61. The second-order valence-electron chi connectivity index (χ2n) is 7.61. The molecule has 154 valence electrons. The number of rotatable bonds is 7. The van der Waals surface area contributed by atoms with Gasteiger partial charge in [-0.3, -0.25) is 14.6 Å². The molecule has 1 aliphatic rings. The largest absolute Gasteiger partial charge is 0.464 e. The van der Waals surface area contributed by atoms with Crippen LogP contribution in [0.4, 0.5) is 0 Å². The number of esters is 1. The van der Waals surface area contributed by atoms with Crippen LogP contribution in [-0.4, -0.2) is 45.7 Å². The summed E-state index contributed by atoms with van der Waals surface area (Å²) in [5, 5.41) is 0. The van der Waals surface area contributed by atoms with E-state index in [0.29, 0.717) is 23.4 Å². The SMILES string of the molecule is COC(=O)c1[nH]c(C)c(C(=O)C(C)N(Cc2cccnc2)C(=O)C2CCC2)c1C. The normalized spacial score (nSPS) is 14.8. The molecule has 1 amide bonds. The van der Waals surface area contributed by atoms with Crippen LogP contribution in [0, 0.1) is 19.8 Å². The first-order valence-corrected chi connectivity index (χ1v) is 9.86. The topological polar surface area (TPSA) is 92.4 Å². The van der Waals surface area contributed by atoms with Gasteiger partial charge in [-0.15, -0.1) is 0 Å². The summed E-state index contributed by atoms with van der Waals surface area (Å²) in [5.74, 6) is -0.737. The highest BCUT2D eigenvalue weighted by Crippen LogP contribution is 2.30. The highest BCUT2D eigenvalue weighted by molar-refractivity contribution is 6.06. The minimum absolute atomic E-state index is 0.0000127. The number of nitrogens with one attached hydrogen (secondary N) is 1. The van der Waals surface area contributed by atoms with E-state index >= 15 is 0 Å². The predicted molar refractivity (Wildman–Crippen MR) is 108 cm³/mol. The van der Waals surface area contributed by atoms with Crippen molar-refractivity contribution in [2.75, 3.05) is 7.11 Å². The van der Waals surface area contributed by atoms with E-state index in [1.54, 1.807) is 38.1 Å². The lowest BCUT2D eigenvalue weighted by molar-refractivity contribution is -0.140. The van der Waals surface area contributed by atoms with Crippen molar-refractivity contribution in [2.45, 2.75) is 52.6 Å². The zero-order valence-electron chi connectivity index (χ0n) is 17.3. The van der Waals surface area contributed by atoms with Crippen LogP contribution in [0.5, 0.6) is 0 Å². The van der Waals surface area contributed by atoms with Crippen molar-refractivity contribution in [2.24, 2.45) is 5.92 Å². The molecular formula is C22H27N3O4. The Morgan fingerprint density at radius 1 is 1.31 bits per heavy atom. The summed E-state index contributed by atoms with van der Waals surface area (Å²) in [7, 11) is 1.30. The van der Waals surface area contributed by atoms with E-state index in [2.05, 4.69) is 9.97 Å². The van der Waals surface area contributed by atoms with Gasteiger partial charge in [0.2, 0.25) is 5.91 Å². The van der Waals surface area contributed by atoms with Crippen molar-refractivity contribution in [3.63, 3.8) is 0 Å². The smallest absolute Gasteiger partial charge is 0.354 e. The van der Waals surface area contributed by atoms with Crippen LogP contribution in [0.15, 0.2) is 24.5 Å². The quantitative estimate of drug-likeness (QED) is 0.572. The summed E-state index contributed by atoms with van der Waals surface area (Å²) in [5.41, 5.74) is 2.72. The van der Waals surface area contributed by atoms with Crippen molar-refractivity contribution in [1.29, 1.82) is 0 Å². The molecule has 2 aromatic rings. The molecule has 1 fully saturated rings. The highest BCUT2D eigenvalue weighted by atomic mass is 16.5. The van der Waals surface area contributed by atoms with Crippen LogP contribution < -0.4 is 0 Å². The van der Waals surface area contributed by atoms with Gasteiger partial charge in [0.25, 0.3) is 0 Å². The minimum atomic E-state index is -0.665. The number of ether oxygens (including phenoxy) is 1. The molecule has 0 spiro atoms. The first kappa shape index (κ1) is 20.8. The molecule has 0 aliphatic heterocycles. The maximum atomic E-state index is 13.4. The van der Waals surface area contributed by atoms with Crippen LogP contribution in [-0.2, 0) is 16.1 Å². The average molecular weight is 397 g/mol. The molecule has 0 saturated heterocycles. The fourth-order valence-corrected chi connectivity index (χ4v) is 3.76. The number of carbonyl (C=O) groups is 3. The van der Waals surface area contributed by atoms with Gasteiger partial charge < -0.3 is 14.6 Å². The van der Waals surface area contributed by atoms with Gasteiger partial charge in [0.1, 0.15) is 5.69 Å². The molecule has 7 heteroatoms. The van der Waals surface area contributed by atoms with Crippen LogP contribution in [0.25, 0.3) is 0 Å². The zero-order valence-corrected chi connectivity index (χ0v) is 17.3. The van der Waals surface area contributed by atoms with E-state index in [-0.39, 0.29) is 23.3 Å². The summed E-state index contributed by atoms with van der Waals surface area (Å²) in [6.45, 7) is 5.54. The van der Waals surface area contributed by atoms with Crippen LogP contribution >= 0.6 is 0 Å². The van der Waals surface area contributed by atoms with Crippen molar-refractivity contribution in [1.82, 2.24) is 14.9 Å². The van der Waals surface area contributed by atoms with Crippen LogP contribution in [0.3, 0.4) is 0 Å². The Labute approximate surface area is 170 Å². The predicted octanol–water partition coefficient (Wildman–Crippen LogP) is 3.21. The Hall–Kier alpha value is -2.96. The summed E-state index contributed by atoms with van der Waals surface area (Å²) in [4.78, 5) is 47.2. The number of H-pyrrole nitrogens is 1. The molecule has 0 aromatic carbocycles. The molecule has 2 heterocycles. The number of hydrogen-bond donors (Lipinski definition) is 1. The van der Waals surface area contributed by atoms with Gasteiger partial charge in [0.15, 0.2) is 5.78 Å². The third-order valence-corrected chi connectivity index (χ3v) is 5.73. The number of Topliss-reactive ketones (excluding diaryl/α,β-unsaturated/α-hetero) is 1. The summed E-state index contributed by atoms with van der Waals surface area (Å²) < 4.78 is 4.79. The highest BCUT2D eigenvalue weighted by Gasteiger charge is 2.36. The number of aryl methyl sites for hydroxylation is 1. The van der Waals surface area contributed by atoms with Gasteiger partial charge in [0, 0.05) is 36.1 Å². The number of amides is 1. The van der Waals surface area contributed by atoms with Crippen LogP contribution in [0.2, 0.25) is 0 Å². The van der Waals surface area contributed by atoms with Gasteiger partial charge in [-0.2, -0.15) is 0 Å². The van der Waals surface area contributed by atoms with E-state index in [9.17, 15) is 14.4 Å². The Bertz CT molecular complexity index is 916. The standard InChI is InChI=1S/C22H27N3O4/c1-13-18(14(2)24-19(13)22(28)29-4)20(26)15(3)25(21(27)17-8-5-9-17)12-16-7-6-10-23-11-16/h6-7,10-11,15,17,24H,5,8-9,12H2,1-4H3. The molecular weight excluding hydrogens is 370 g/mol. The van der Waals surface area contributed by atoms with Gasteiger partial charge >= 0.3 is 5.97 Å². The zero-order chi connectivity index (χ0) is 21.1. The Morgan fingerprint density at radius 3 is 2.59 bits per heavy atom. The number of carbonyl (C=O) groups excluding carboxylic acids is 3. The van der Waals surface area contributed by atoms with Gasteiger partial charge in [0.05, 0.1) is 13.2 Å². The molecule has 2 aromatic heterocycles. The Balaban J connectivity index is 1.91. The molecule has 3 rings (SSSR count). The molecule has 1 aliphatic carbocycles. The summed E-state index contributed by atoms with van der Waals surface area (Å²) in [6, 6.07) is 3.05. The number of methoxy groups -OCH3 is 1. The van der Waals surface area contributed by atoms with Gasteiger partial charge in [-0.05, 0) is 50.8 Å². The number of aromatic nitrogens is 2. The molecule has 7 nitrogen and oxygen atoms in total. The van der Waals surface area contributed by atoms with E-state index < -0.39 is 12.0 Å². The maximum Gasteiger partial charge on any atom is 0.354 e. The van der Waals surface area contributed by atoms with E-state index in [1.807, 2.05) is 12.1 Å². The first-order chi connectivity index (χ1) is 13.8. The Kier molecular flexibility index (Phi) is 6.15. The summed E-state index contributed by atoms with van der Waals surface area (Å²) in [6.07, 6.45) is 6.14. The van der Waals surface area contributed by atoms with Gasteiger partial charge in [-0.25, -0.2) is 4.79 Å². The molecule has 1 saturated carbocycles. The molecule has 0 bridgehead atoms. The minimum Gasteiger partial charge on any atom is -0.464 e. The first-order valence-electron chi connectivity index (χ1n) is 9.86. The fraction of sp³-hybridized carbons (Fsp3) is 0.455. The fourth-order valence-electron chi connectivity index (χ4n) is 3.76. The number of aromatic amines is 1. The Morgan fingerprint density at radius 2 is 2.03 bits per heavy atom. The lowest BCUT2D eigenvalue weighted by Gasteiger charge is -2.35. The molecule has 29 heavy (non-hydrogen) atoms. The van der Waals surface area contributed by atoms with Crippen molar-refractivity contribution >= 4 is 17.7 Å². The monoisotopic (exact) mass is 397 g/mol. The van der Waals surface area contributed by atoms with Crippen molar-refractivity contribution in [3.05, 3.63) is 52.6 Å². The third-order valence-electron chi connectivity index (χ3n) is 5.73. The number of pyridine rings is 1. The van der Waals surface area contributed by atoms with E-state index in [0.717, 1.165) is 24.8 Å². The number of nitrogens with zero attached hydrogens (tertiary/aromatic N) is 2. The third kappa shape index (κ3) is 4.09. The average Bonchev–Trinajstić information content (AvgIpc) is 2.97. The van der Waals surface area contributed by atoms with E-state index in [4.69, 9.17) is 4.74 Å². The molecule has 0 radical (unpaired) electrons. The molecule has 1 N–H and O–H groups in total. The number of hydrogen-bond acceptors (Lipinski definition) is 5. The molecule has 1 unspecified atom stereocenters. The lowest BCUT2D eigenvalue weighted by Crippen LogP contribution is -2.47. The second kappa shape index (κ2) is 8.59. The van der Waals surface area contributed by atoms with E-state index in [1.165, 1.54) is 7.11 Å². The number of ketones is 1. The van der Waals surface area contributed by atoms with Crippen molar-refractivity contribution < 1.29 is 19.1 Å². The van der Waals surface area contributed by atoms with Crippen LogP contribution in [0.1, 0.15) is 63.9 Å². The van der Waals surface area contributed by atoms with Crippen molar-refractivity contribution in [3.8, 4) is 0 Å². The summed E-state index contributed by atoms with van der Waals surface area (Å²) >= 11 is 0. The molecule has 1 atom stereocenters.